The number of carbonyl (C=O) groups is 1. The number of benzene rings is 1. The summed E-state index contributed by atoms with van der Waals surface area (Å²) < 4.78 is 0. The van der Waals surface area contributed by atoms with Gasteiger partial charge in [-0.3, -0.25) is 9.59 Å². The van der Waals surface area contributed by atoms with Gasteiger partial charge in [-0.15, -0.1) is 11.3 Å². The molecule has 2 heterocycles. The Balaban J connectivity index is 1.74. The highest BCUT2D eigenvalue weighted by atomic mass is 35.5. The highest BCUT2D eigenvalue weighted by molar-refractivity contribution is 7.16. The number of hydrogen-bond acceptors (Lipinski definition) is 4. The van der Waals surface area contributed by atoms with E-state index < -0.39 is 5.91 Å². The van der Waals surface area contributed by atoms with Gasteiger partial charge in [0.1, 0.15) is 16.6 Å². The summed E-state index contributed by atoms with van der Waals surface area (Å²) in [6.45, 7) is 1.82. The number of anilines is 1. The fraction of sp³-hybridized carbons (Fsp3) is 0.250. The van der Waals surface area contributed by atoms with E-state index in [2.05, 4.69) is 16.4 Å². The summed E-state index contributed by atoms with van der Waals surface area (Å²) in [6, 6.07) is 5.48. The summed E-state index contributed by atoms with van der Waals surface area (Å²) in [5.41, 5.74) is 2.61. The van der Waals surface area contributed by atoms with E-state index in [1.807, 2.05) is 6.92 Å². The Morgan fingerprint density at radius 3 is 2.89 bits per heavy atom. The highest BCUT2D eigenvalue weighted by Crippen LogP contribution is 2.37. The van der Waals surface area contributed by atoms with E-state index in [-0.39, 0.29) is 11.0 Å². The normalized spacial score (nSPS) is 13.2. The molecule has 0 radical (unpaired) electrons. The molecule has 136 valence electrons. The molecule has 27 heavy (non-hydrogen) atoms. The van der Waals surface area contributed by atoms with Crippen LogP contribution in [0.15, 0.2) is 23.1 Å². The first-order valence-electron chi connectivity index (χ1n) is 8.67. The number of aromatic nitrogens is 1. The SMILES string of the molecule is Cc1c(Cl)ccc2c(=O)c(C(=O)Nc3sc4c(c3C#N)CCCC4)c[nH]c12. The first kappa shape index (κ1) is 17.8. The number of rotatable bonds is 2. The van der Waals surface area contributed by atoms with Crippen molar-refractivity contribution >= 4 is 44.7 Å². The minimum absolute atomic E-state index is 0.0134. The van der Waals surface area contributed by atoms with Crippen LogP contribution in [0.4, 0.5) is 5.00 Å². The van der Waals surface area contributed by atoms with Crippen LogP contribution in [0.3, 0.4) is 0 Å². The quantitative estimate of drug-likeness (QED) is 0.664. The van der Waals surface area contributed by atoms with Crippen LogP contribution in [0.25, 0.3) is 10.9 Å². The van der Waals surface area contributed by atoms with E-state index in [1.165, 1.54) is 17.5 Å². The summed E-state index contributed by atoms with van der Waals surface area (Å²) in [6.07, 6.45) is 5.35. The van der Waals surface area contributed by atoms with Crippen molar-refractivity contribution in [2.24, 2.45) is 0 Å². The zero-order valence-electron chi connectivity index (χ0n) is 14.6. The van der Waals surface area contributed by atoms with Gasteiger partial charge in [-0.05, 0) is 55.9 Å². The lowest BCUT2D eigenvalue weighted by atomic mass is 9.96. The first-order chi connectivity index (χ1) is 13.0. The van der Waals surface area contributed by atoms with Crippen molar-refractivity contribution in [3.8, 4) is 6.07 Å². The minimum Gasteiger partial charge on any atom is -0.360 e. The number of hydrogen-bond donors (Lipinski definition) is 2. The number of nitriles is 1. The van der Waals surface area contributed by atoms with Crippen LogP contribution in [-0.4, -0.2) is 10.9 Å². The number of aryl methyl sites for hydroxylation is 2. The molecule has 1 amide bonds. The van der Waals surface area contributed by atoms with Crippen LogP contribution < -0.4 is 10.7 Å². The Labute approximate surface area is 164 Å². The van der Waals surface area contributed by atoms with E-state index in [0.717, 1.165) is 41.7 Å². The predicted molar refractivity (Wildman–Crippen MR) is 108 cm³/mol. The van der Waals surface area contributed by atoms with Crippen molar-refractivity contribution < 1.29 is 4.79 Å². The van der Waals surface area contributed by atoms with Crippen LogP contribution in [-0.2, 0) is 12.8 Å². The smallest absolute Gasteiger partial charge is 0.261 e. The number of pyridine rings is 1. The van der Waals surface area contributed by atoms with Gasteiger partial charge in [-0.1, -0.05) is 11.6 Å². The van der Waals surface area contributed by atoms with Gasteiger partial charge in [-0.25, -0.2) is 0 Å². The minimum atomic E-state index is -0.513. The number of H-pyrrole nitrogens is 1. The second-order valence-corrected chi connectivity index (χ2v) is 8.12. The van der Waals surface area contributed by atoms with Crippen molar-refractivity contribution in [1.29, 1.82) is 5.26 Å². The Morgan fingerprint density at radius 1 is 1.33 bits per heavy atom. The molecule has 1 aromatic carbocycles. The molecule has 0 fully saturated rings. The summed E-state index contributed by atoms with van der Waals surface area (Å²) >= 11 is 7.54. The van der Waals surface area contributed by atoms with Crippen molar-refractivity contribution in [3.05, 3.63) is 60.7 Å². The number of nitrogens with zero attached hydrogens (tertiary/aromatic N) is 1. The van der Waals surface area contributed by atoms with Gasteiger partial charge in [-0.2, -0.15) is 5.26 Å². The highest BCUT2D eigenvalue weighted by Gasteiger charge is 2.23. The summed E-state index contributed by atoms with van der Waals surface area (Å²) in [7, 11) is 0. The summed E-state index contributed by atoms with van der Waals surface area (Å²) in [5, 5.41) is 13.8. The van der Waals surface area contributed by atoms with Gasteiger partial charge in [0.05, 0.1) is 11.1 Å². The van der Waals surface area contributed by atoms with Crippen LogP contribution in [0.5, 0.6) is 0 Å². The molecule has 1 aliphatic rings. The zero-order chi connectivity index (χ0) is 19.1. The molecule has 0 saturated carbocycles. The number of halogens is 1. The average molecular weight is 398 g/mol. The van der Waals surface area contributed by atoms with Crippen LogP contribution >= 0.6 is 22.9 Å². The number of aromatic amines is 1. The second kappa shape index (κ2) is 6.84. The molecule has 0 aliphatic heterocycles. The third kappa shape index (κ3) is 2.93. The fourth-order valence-electron chi connectivity index (χ4n) is 3.53. The molecule has 5 nitrogen and oxygen atoms in total. The van der Waals surface area contributed by atoms with Gasteiger partial charge in [0.2, 0.25) is 5.43 Å². The number of carbonyl (C=O) groups excluding carboxylic acids is 1. The van der Waals surface area contributed by atoms with Gasteiger partial charge in [0, 0.05) is 21.5 Å². The Kier molecular flexibility index (Phi) is 4.50. The third-order valence-electron chi connectivity index (χ3n) is 5.00. The Morgan fingerprint density at radius 2 is 2.11 bits per heavy atom. The van der Waals surface area contributed by atoms with E-state index in [4.69, 9.17) is 11.6 Å². The second-order valence-electron chi connectivity index (χ2n) is 6.61. The van der Waals surface area contributed by atoms with Crippen molar-refractivity contribution in [3.63, 3.8) is 0 Å². The monoisotopic (exact) mass is 397 g/mol. The van der Waals surface area contributed by atoms with Crippen molar-refractivity contribution in [1.82, 2.24) is 4.98 Å². The molecule has 0 spiro atoms. The largest absolute Gasteiger partial charge is 0.360 e. The van der Waals surface area contributed by atoms with Crippen LogP contribution in [0, 0.1) is 18.3 Å². The molecule has 2 aromatic heterocycles. The number of fused-ring (bicyclic) bond motifs is 2. The van der Waals surface area contributed by atoms with E-state index in [1.54, 1.807) is 12.1 Å². The molecule has 0 saturated heterocycles. The molecule has 3 aromatic rings. The van der Waals surface area contributed by atoms with Gasteiger partial charge >= 0.3 is 0 Å². The van der Waals surface area contributed by atoms with Crippen LogP contribution in [0.2, 0.25) is 5.02 Å². The predicted octanol–water partition coefficient (Wildman–Crippen LogP) is 4.55. The van der Waals surface area contributed by atoms with Crippen molar-refractivity contribution in [2.45, 2.75) is 32.6 Å². The van der Waals surface area contributed by atoms with Crippen molar-refractivity contribution in [2.75, 3.05) is 5.32 Å². The molecular weight excluding hydrogens is 382 g/mol. The molecule has 4 rings (SSSR count). The lowest BCUT2D eigenvalue weighted by Gasteiger charge is -2.09. The standard InChI is InChI=1S/C20H16ClN3O2S/c1-10-15(21)7-6-12-17(10)23-9-14(18(12)25)19(26)24-20-13(8-22)11-4-2-3-5-16(11)27-20/h6-7,9H,2-5H2,1H3,(H,23,25)(H,24,26). The zero-order valence-corrected chi connectivity index (χ0v) is 16.2. The van der Waals surface area contributed by atoms with Gasteiger partial charge in [0.15, 0.2) is 0 Å². The summed E-state index contributed by atoms with van der Waals surface area (Å²) in [4.78, 5) is 29.7. The Bertz CT molecular complexity index is 1190. The summed E-state index contributed by atoms with van der Waals surface area (Å²) in [5.74, 6) is -0.513. The lowest BCUT2D eigenvalue weighted by molar-refractivity contribution is 0.102. The number of nitrogens with one attached hydrogen (secondary N) is 2. The van der Waals surface area contributed by atoms with Gasteiger partial charge < -0.3 is 10.3 Å². The number of thiophene rings is 1. The first-order valence-corrected chi connectivity index (χ1v) is 9.87. The molecule has 2 N–H and O–H groups in total. The number of amides is 1. The van der Waals surface area contributed by atoms with Gasteiger partial charge in [0.25, 0.3) is 5.91 Å². The topological polar surface area (TPSA) is 85.8 Å². The fourth-order valence-corrected chi connectivity index (χ4v) is 4.92. The molecule has 0 atom stereocenters. The third-order valence-corrected chi connectivity index (χ3v) is 6.62. The average Bonchev–Trinajstić information content (AvgIpc) is 3.01. The van der Waals surface area contributed by atoms with E-state index in [0.29, 0.717) is 26.5 Å². The lowest BCUT2D eigenvalue weighted by Crippen LogP contribution is -2.22. The molecular formula is C20H16ClN3O2S. The van der Waals surface area contributed by atoms with E-state index in [9.17, 15) is 14.9 Å². The maximum atomic E-state index is 12.8. The van der Waals surface area contributed by atoms with E-state index >= 15 is 0 Å². The molecule has 1 aliphatic carbocycles. The molecule has 7 heteroatoms. The maximum Gasteiger partial charge on any atom is 0.261 e. The van der Waals surface area contributed by atoms with Crippen LogP contribution in [0.1, 0.15) is 44.8 Å². The Hall–Kier alpha value is -2.62. The maximum absolute atomic E-state index is 12.8. The molecule has 0 unspecified atom stereocenters. The molecule has 0 bridgehead atoms.